The first kappa shape index (κ1) is 16.4. The van der Waals surface area contributed by atoms with Gasteiger partial charge in [-0.05, 0) is 38.0 Å². The number of nitrogens with one attached hydrogen (secondary N) is 1. The van der Waals surface area contributed by atoms with Gasteiger partial charge in [-0.3, -0.25) is 4.79 Å². The first-order valence-electron chi connectivity index (χ1n) is 8.68. The molecular formula is C21H20N2O3. The third-order valence-electron chi connectivity index (χ3n) is 4.54. The van der Waals surface area contributed by atoms with Crippen molar-refractivity contribution in [1.29, 1.82) is 0 Å². The quantitative estimate of drug-likeness (QED) is 0.778. The molecule has 0 spiro atoms. The summed E-state index contributed by atoms with van der Waals surface area (Å²) in [6.07, 6.45) is 0.770. The zero-order chi connectivity index (χ0) is 18.1. The lowest BCUT2D eigenvalue weighted by Gasteiger charge is -2.16. The van der Waals surface area contributed by atoms with Gasteiger partial charge in [0.1, 0.15) is 12.4 Å². The number of benzene rings is 2. The third-order valence-corrected chi connectivity index (χ3v) is 4.54. The maximum Gasteiger partial charge on any atom is 0.273 e. The number of amides is 1. The van der Waals surface area contributed by atoms with E-state index in [9.17, 15) is 4.79 Å². The van der Waals surface area contributed by atoms with Crippen LogP contribution in [0.1, 0.15) is 32.7 Å². The average Bonchev–Trinajstić information content (AvgIpc) is 3.06. The number of nitrogens with zero attached hydrogens (tertiary/aromatic N) is 1. The summed E-state index contributed by atoms with van der Waals surface area (Å²) in [6.45, 7) is 4.89. The lowest BCUT2D eigenvalue weighted by Crippen LogP contribution is -2.27. The van der Waals surface area contributed by atoms with Gasteiger partial charge in [-0.1, -0.05) is 46.6 Å². The number of aromatic nitrogens is 1. The average molecular weight is 348 g/mol. The second-order valence-electron chi connectivity index (χ2n) is 6.62. The SMILES string of the molecule is Cc1cccc(CCNC(=O)c2noc3c2COc2ccc(C)cc2-3)c1. The normalized spacial score (nSPS) is 12.1. The summed E-state index contributed by atoms with van der Waals surface area (Å²) in [6, 6.07) is 14.1. The van der Waals surface area contributed by atoms with E-state index in [1.54, 1.807) is 0 Å². The number of aryl methyl sites for hydroxylation is 2. The summed E-state index contributed by atoms with van der Waals surface area (Å²) in [5, 5.41) is 6.92. The monoisotopic (exact) mass is 348 g/mol. The molecule has 4 rings (SSSR count). The molecule has 0 saturated heterocycles. The second-order valence-corrected chi connectivity index (χ2v) is 6.62. The fourth-order valence-electron chi connectivity index (χ4n) is 3.20. The van der Waals surface area contributed by atoms with Crippen LogP contribution >= 0.6 is 0 Å². The van der Waals surface area contributed by atoms with Crippen molar-refractivity contribution in [3.05, 3.63) is 70.4 Å². The molecule has 132 valence electrons. The standard InChI is InChI=1S/C21H20N2O3/c1-13-4-3-5-15(10-13)8-9-22-21(24)19-17-12-25-18-7-6-14(2)11-16(18)20(17)26-23-19/h3-7,10-11H,8-9,12H2,1-2H3,(H,22,24). The van der Waals surface area contributed by atoms with Gasteiger partial charge in [0.25, 0.3) is 5.91 Å². The molecule has 2 heterocycles. The van der Waals surface area contributed by atoms with Crippen molar-refractivity contribution in [3.8, 4) is 17.1 Å². The molecule has 0 radical (unpaired) electrons. The highest BCUT2D eigenvalue weighted by atomic mass is 16.5. The Bertz CT molecular complexity index is 975. The molecule has 0 atom stereocenters. The molecule has 1 amide bonds. The summed E-state index contributed by atoms with van der Waals surface area (Å²) in [7, 11) is 0. The predicted octanol–water partition coefficient (Wildman–Crippen LogP) is 3.82. The molecule has 1 N–H and O–H groups in total. The molecule has 0 bridgehead atoms. The summed E-state index contributed by atoms with van der Waals surface area (Å²) >= 11 is 0. The van der Waals surface area contributed by atoms with Crippen LogP contribution in [0.4, 0.5) is 0 Å². The van der Waals surface area contributed by atoms with Gasteiger partial charge >= 0.3 is 0 Å². The summed E-state index contributed by atoms with van der Waals surface area (Å²) in [4.78, 5) is 12.5. The summed E-state index contributed by atoms with van der Waals surface area (Å²) in [5.41, 5.74) is 5.36. The van der Waals surface area contributed by atoms with Crippen LogP contribution in [-0.2, 0) is 13.0 Å². The Morgan fingerprint density at radius 1 is 1.15 bits per heavy atom. The van der Waals surface area contributed by atoms with Gasteiger partial charge < -0.3 is 14.6 Å². The van der Waals surface area contributed by atoms with E-state index < -0.39 is 0 Å². The largest absolute Gasteiger partial charge is 0.488 e. The molecular weight excluding hydrogens is 328 g/mol. The molecule has 0 fully saturated rings. The molecule has 1 aromatic heterocycles. The predicted molar refractivity (Wildman–Crippen MR) is 98.2 cm³/mol. The van der Waals surface area contributed by atoms with Gasteiger partial charge in [0.05, 0.1) is 11.1 Å². The van der Waals surface area contributed by atoms with Gasteiger partial charge in [-0.15, -0.1) is 0 Å². The number of hydrogen-bond donors (Lipinski definition) is 1. The van der Waals surface area contributed by atoms with Gasteiger partial charge in [-0.2, -0.15) is 0 Å². The highest BCUT2D eigenvalue weighted by molar-refractivity contribution is 5.95. The molecule has 0 unspecified atom stereocenters. The van der Waals surface area contributed by atoms with E-state index in [0.29, 0.717) is 23.6 Å². The number of rotatable bonds is 4. The van der Waals surface area contributed by atoms with Crippen LogP contribution in [0.2, 0.25) is 0 Å². The minimum Gasteiger partial charge on any atom is -0.488 e. The van der Waals surface area contributed by atoms with Crippen LogP contribution in [0.3, 0.4) is 0 Å². The number of carbonyl (C=O) groups excluding carboxylic acids is 1. The van der Waals surface area contributed by atoms with Crippen LogP contribution in [-0.4, -0.2) is 17.6 Å². The number of carbonyl (C=O) groups is 1. The highest BCUT2D eigenvalue weighted by Crippen LogP contribution is 2.39. The Morgan fingerprint density at radius 3 is 2.85 bits per heavy atom. The van der Waals surface area contributed by atoms with E-state index in [2.05, 4.69) is 35.6 Å². The minimum atomic E-state index is -0.234. The van der Waals surface area contributed by atoms with E-state index in [-0.39, 0.29) is 12.5 Å². The Kier molecular flexibility index (Phi) is 4.21. The minimum absolute atomic E-state index is 0.234. The number of ether oxygens (including phenoxy) is 1. The van der Waals surface area contributed by atoms with Crippen LogP contribution < -0.4 is 10.1 Å². The Hall–Kier alpha value is -3.08. The van der Waals surface area contributed by atoms with Crippen LogP contribution in [0.15, 0.2) is 47.0 Å². The molecule has 0 aliphatic carbocycles. The Labute approximate surface area is 152 Å². The lowest BCUT2D eigenvalue weighted by atomic mass is 10.0. The fourth-order valence-corrected chi connectivity index (χ4v) is 3.20. The summed E-state index contributed by atoms with van der Waals surface area (Å²) in [5.74, 6) is 1.15. The molecule has 1 aliphatic heterocycles. The van der Waals surface area contributed by atoms with Crippen LogP contribution in [0, 0.1) is 13.8 Å². The maximum atomic E-state index is 12.5. The van der Waals surface area contributed by atoms with E-state index >= 15 is 0 Å². The van der Waals surface area contributed by atoms with Gasteiger partial charge in [0.2, 0.25) is 0 Å². The van der Waals surface area contributed by atoms with Crippen molar-refractivity contribution < 1.29 is 14.1 Å². The third kappa shape index (κ3) is 3.08. The zero-order valence-corrected chi connectivity index (χ0v) is 14.8. The first-order chi connectivity index (χ1) is 12.6. The smallest absolute Gasteiger partial charge is 0.273 e. The molecule has 0 saturated carbocycles. The molecule has 2 aromatic carbocycles. The molecule has 5 heteroatoms. The van der Waals surface area contributed by atoms with Crippen LogP contribution in [0.5, 0.6) is 5.75 Å². The summed E-state index contributed by atoms with van der Waals surface area (Å²) < 4.78 is 11.2. The lowest BCUT2D eigenvalue weighted by molar-refractivity contribution is 0.0943. The van der Waals surface area contributed by atoms with Crippen molar-refractivity contribution in [2.75, 3.05) is 6.54 Å². The Morgan fingerprint density at radius 2 is 2.00 bits per heavy atom. The van der Waals surface area contributed by atoms with Crippen LogP contribution in [0.25, 0.3) is 11.3 Å². The van der Waals surface area contributed by atoms with E-state index in [1.807, 2.05) is 31.2 Å². The van der Waals surface area contributed by atoms with Crippen molar-refractivity contribution >= 4 is 5.91 Å². The van der Waals surface area contributed by atoms with Crippen molar-refractivity contribution in [2.24, 2.45) is 0 Å². The Balaban J connectivity index is 1.48. The van der Waals surface area contributed by atoms with E-state index in [4.69, 9.17) is 9.26 Å². The van der Waals surface area contributed by atoms with Crippen molar-refractivity contribution in [1.82, 2.24) is 10.5 Å². The fraction of sp³-hybridized carbons (Fsp3) is 0.238. The molecule has 5 nitrogen and oxygen atoms in total. The van der Waals surface area contributed by atoms with Gasteiger partial charge in [0.15, 0.2) is 11.5 Å². The number of fused-ring (bicyclic) bond motifs is 3. The zero-order valence-electron chi connectivity index (χ0n) is 14.8. The van der Waals surface area contributed by atoms with E-state index in [0.717, 1.165) is 23.3 Å². The van der Waals surface area contributed by atoms with Gasteiger partial charge in [0, 0.05) is 6.54 Å². The second kappa shape index (κ2) is 6.67. The van der Waals surface area contributed by atoms with Crippen molar-refractivity contribution in [2.45, 2.75) is 26.9 Å². The van der Waals surface area contributed by atoms with E-state index in [1.165, 1.54) is 11.1 Å². The molecule has 26 heavy (non-hydrogen) atoms. The topological polar surface area (TPSA) is 64.4 Å². The van der Waals surface area contributed by atoms with Crippen molar-refractivity contribution in [3.63, 3.8) is 0 Å². The number of hydrogen-bond acceptors (Lipinski definition) is 4. The highest BCUT2D eigenvalue weighted by Gasteiger charge is 2.28. The van der Waals surface area contributed by atoms with Gasteiger partial charge in [-0.25, -0.2) is 0 Å². The maximum absolute atomic E-state index is 12.5. The first-order valence-corrected chi connectivity index (χ1v) is 8.68. The molecule has 3 aromatic rings. The molecule has 1 aliphatic rings.